The lowest BCUT2D eigenvalue weighted by atomic mass is 9.69. The minimum Gasteiger partial charge on any atom is -0.361 e. The number of aromatic nitrogens is 1. The number of carbonyl (C=O) groups is 2. The lowest BCUT2D eigenvalue weighted by Crippen LogP contribution is -2.66. The third-order valence-corrected chi connectivity index (χ3v) is 6.35. The molecule has 2 aliphatic rings. The summed E-state index contributed by atoms with van der Waals surface area (Å²) in [5, 5.41) is 10.3. The summed E-state index contributed by atoms with van der Waals surface area (Å²) in [6, 6.07) is 9.78. The van der Waals surface area contributed by atoms with Gasteiger partial charge in [-0.1, -0.05) is 35.5 Å². The minimum atomic E-state index is -0.611. The van der Waals surface area contributed by atoms with Crippen molar-refractivity contribution in [1.29, 1.82) is 0 Å². The fraction of sp³-hybridized carbons (Fsp3) is 0.500. The van der Waals surface area contributed by atoms with E-state index in [1.165, 1.54) is 0 Å². The number of hydrogen-bond acceptors (Lipinski definition) is 5. The average Bonchev–Trinajstić information content (AvgIpc) is 3.05. The van der Waals surface area contributed by atoms with Crippen LogP contribution in [0.3, 0.4) is 0 Å². The van der Waals surface area contributed by atoms with Gasteiger partial charge in [-0.3, -0.25) is 14.5 Å². The van der Waals surface area contributed by atoms with E-state index >= 15 is 0 Å². The van der Waals surface area contributed by atoms with Gasteiger partial charge in [0.05, 0.1) is 11.1 Å². The van der Waals surface area contributed by atoms with Gasteiger partial charge in [0.15, 0.2) is 0 Å². The molecule has 2 saturated heterocycles. The van der Waals surface area contributed by atoms with E-state index in [9.17, 15) is 9.59 Å². The highest BCUT2D eigenvalue weighted by atomic mass is 16.5. The Labute approximate surface area is 170 Å². The highest BCUT2D eigenvalue weighted by molar-refractivity contribution is 5.88. The van der Waals surface area contributed by atoms with E-state index in [2.05, 4.69) is 20.7 Å². The van der Waals surface area contributed by atoms with Crippen LogP contribution in [0.5, 0.6) is 0 Å². The number of likely N-dealkylation sites (tertiary alicyclic amines) is 1. The number of amides is 2. The lowest BCUT2D eigenvalue weighted by molar-refractivity contribution is -0.144. The molecule has 0 radical (unpaired) electrons. The monoisotopic (exact) mass is 396 g/mol. The molecule has 0 aliphatic carbocycles. The summed E-state index contributed by atoms with van der Waals surface area (Å²) < 4.78 is 5.30. The van der Waals surface area contributed by atoms with E-state index in [1.54, 1.807) is 0 Å². The van der Waals surface area contributed by atoms with Crippen molar-refractivity contribution in [3.63, 3.8) is 0 Å². The number of hydrogen-bond donors (Lipinski definition) is 2. The zero-order valence-electron chi connectivity index (χ0n) is 17.0. The molecule has 4 rings (SSSR count). The Morgan fingerprint density at radius 2 is 2.14 bits per heavy atom. The van der Waals surface area contributed by atoms with Crippen LogP contribution in [0, 0.1) is 19.3 Å². The number of benzene rings is 1. The van der Waals surface area contributed by atoms with Gasteiger partial charge in [0.2, 0.25) is 11.8 Å². The molecule has 7 heteroatoms. The summed E-state index contributed by atoms with van der Waals surface area (Å²) >= 11 is 0. The van der Waals surface area contributed by atoms with E-state index in [0.717, 1.165) is 35.5 Å². The van der Waals surface area contributed by atoms with Gasteiger partial charge in [-0.25, -0.2) is 0 Å². The number of carbonyl (C=O) groups excluding carboxylic acids is 2. The highest BCUT2D eigenvalue weighted by Gasteiger charge is 2.52. The van der Waals surface area contributed by atoms with E-state index in [1.807, 2.05) is 44.2 Å². The van der Waals surface area contributed by atoms with Crippen LogP contribution < -0.4 is 10.6 Å². The van der Waals surface area contributed by atoms with Gasteiger partial charge in [0.25, 0.3) is 0 Å². The van der Waals surface area contributed by atoms with E-state index in [-0.39, 0.29) is 17.9 Å². The van der Waals surface area contributed by atoms with Crippen molar-refractivity contribution in [1.82, 2.24) is 20.7 Å². The molecule has 0 saturated carbocycles. The fourth-order valence-corrected chi connectivity index (χ4v) is 4.63. The number of aryl methyl sites for hydroxylation is 2. The summed E-state index contributed by atoms with van der Waals surface area (Å²) in [5.41, 5.74) is 2.43. The third kappa shape index (κ3) is 3.92. The molecule has 2 fully saturated rings. The SMILES string of the molecule is Cc1noc(C)c1CN1CC[C@H]2NC(=O)CC[C@]2(C(=O)NCc2ccccc2)C1. The Morgan fingerprint density at radius 3 is 2.86 bits per heavy atom. The van der Waals surface area contributed by atoms with Gasteiger partial charge in [-0.05, 0) is 32.3 Å². The normalized spacial score (nSPS) is 24.6. The van der Waals surface area contributed by atoms with Crippen LogP contribution in [-0.2, 0) is 22.7 Å². The molecule has 2 N–H and O–H groups in total. The molecule has 1 aromatic carbocycles. The molecule has 154 valence electrons. The van der Waals surface area contributed by atoms with Crippen molar-refractivity contribution in [2.45, 2.75) is 52.2 Å². The minimum absolute atomic E-state index is 0.0230. The van der Waals surface area contributed by atoms with E-state index < -0.39 is 5.41 Å². The quantitative estimate of drug-likeness (QED) is 0.808. The zero-order valence-corrected chi connectivity index (χ0v) is 17.0. The van der Waals surface area contributed by atoms with Crippen LogP contribution in [0.2, 0.25) is 0 Å². The Morgan fingerprint density at radius 1 is 1.34 bits per heavy atom. The summed E-state index contributed by atoms with van der Waals surface area (Å²) in [4.78, 5) is 27.7. The van der Waals surface area contributed by atoms with Crippen LogP contribution in [0.25, 0.3) is 0 Å². The number of nitrogens with one attached hydrogen (secondary N) is 2. The first kappa shape index (κ1) is 19.6. The molecule has 0 spiro atoms. The fourth-order valence-electron chi connectivity index (χ4n) is 4.63. The van der Waals surface area contributed by atoms with Crippen LogP contribution in [0.4, 0.5) is 0 Å². The standard InChI is InChI=1S/C22H28N4O3/c1-15-18(16(2)29-25-15)13-26-11-9-19-22(14-26,10-8-20(27)24-19)21(28)23-12-17-6-4-3-5-7-17/h3-7,19H,8-14H2,1-2H3,(H,23,28)(H,24,27)/t19-,22+/m1/s1. The molecule has 0 unspecified atom stereocenters. The summed E-state index contributed by atoms with van der Waals surface area (Å²) in [6.45, 7) is 6.50. The topological polar surface area (TPSA) is 87.5 Å². The lowest BCUT2D eigenvalue weighted by Gasteiger charge is -2.49. The Kier molecular flexibility index (Phi) is 5.41. The smallest absolute Gasteiger partial charge is 0.229 e. The molecule has 2 atom stereocenters. The molecule has 29 heavy (non-hydrogen) atoms. The maximum Gasteiger partial charge on any atom is 0.229 e. The van der Waals surface area contributed by atoms with Gasteiger partial charge >= 0.3 is 0 Å². The van der Waals surface area contributed by atoms with Gasteiger partial charge in [0.1, 0.15) is 5.76 Å². The molecule has 2 aliphatic heterocycles. The molecule has 0 bridgehead atoms. The molecule has 2 aromatic rings. The summed E-state index contributed by atoms with van der Waals surface area (Å²) in [7, 11) is 0. The highest BCUT2D eigenvalue weighted by Crippen LogP contribution is 2.39. The second kappa shape index (κ2) is 7.99. The molecular formula is C22H28N4O3. The number of piperidine rings is 2. The molecule has 7 nitrogen and oxygen atoms in total. The van der Waals surface area contributed by atoms with Crippen LogP contribution in [0.15, 0.2) is 34.9 Å². The predicted octanol–water partition coefficient (Wildman–Crippen LogP) is 2.08. The number of fused-ring (bicyclic) bond motifs is 1. The largest absolute Gasteiger partial charge is 0.361 e. The van der Waals surface area contributed by atoms with Crippen molar-refractivity contribution in [3.05, 3.63) is 52.9 Å². The maximum atomic E-state index is 13.4. The second-order valence-electron chi connectivity index (χ2n) is 8.25. The zero-order chi connectivity index (χ0) is 20.4. The third-order valence-electron chi connectivity index (χ3n) is 6.35. The Hall–Kier alpha value is -2.67. The number of nitrogens with zero attached hydrogens (tertiary/aromatic N) is 2. The molecule has 2 amide bonds. The van der Waals surface area contributed by atoms with Gasteiger partial charge in [-0.2, -0.15) is 0 Å². The maximum absolute atomic E-state index is 13.4. The van der Waals surface area contributed by atoms with Crippen molar-refractivity contribution in [3.8, 4) is 0 Å². The second-order valence-corrected chi connectivity index (χ2v) is 8.25. The van der Waals surface area contributed by atoms with Crippen LogP contribution in [-0.4, -0.2) is 41.0 Å². The van der Waals surface area contributed by atoms with Gasteiger partial charge in [-0.15, -0.1) is 0 Å². The van der Waals surface area contributed by atoms with Gasteiger partial charge in [0, 0.05) is 44.2 Å². The van der Waals surface area contributed by atoms with E-state index in [4.69, 9.17) is 4.52 Å². The summed E-state index contributed by atoms with van der Waals surface area (Å²) in [6.07, 6.45) is 1.71. The van der Waals surface area contributed by atoms with Crippen molar-refractivity contribution in [2.75, 3.05) is 13.1 Å². The van der Waals surface area contributed by atoms with Crippen molar-refractivity contribution in [2.24, 2.45) is 5.41 Å². The first-order chi connectivity index (χ1) is 14.0. The molecular weight excluding hydrogens is 368 g/mol. The first-order valence-electron chi connectivity index (χ1n) is 10.2. The molecule has 1 aromatic heterocycles. The Balaban J connectivity index is 1.52. The van der Waals surface area contributed by atoms with E-state index in [0.29, 0.717) is 32.5 Å². The summed E-state index contributed by atoms with van der Waals surface area (Å²) in [5.74, 6) is 0.889. The molecule has 3 heterocycles. The van der Waals surface area contributed by atoms with Crippen LogP contribution >= 0.6 is 0 Å². The first-order valence-corrected chi connectivity index (χ1v) is 10.2. The average molecular weight is 396 g/mol. The van der Waals surface area contributed by atoms with Crippen LogP contribution in [0.1, 0.15) is 41.8 Å². The number of rotatable bonds is 5. The van der Waals surface area contributed by atoms with Gasteiger partial charge < -0.3 is 15.2 Å². The predicted molar refractivity (Wildman–Crippen MR) is 108 cm³/mol. The van der Waals surface area contributed by atoms with Crippen molar-refractivity contribution < 1.29 is 14.1 Å². The Bertz CT molecular complexity index is 875. The van der Waals surface area contributed by atoms with Crippen molar-refractivity contribution >= 4 is 11.8 Å².